The minimum Gasteiger partial charge on any atom is -0.508 e. The van der Waals surface area contributed by atoms with Crippen molar-refractivity contribution < 1.29 is 5.11 Å². The molecule has 0 radical (unpaired) electrons. The third-order valence-electron chi connectivity index (χ3n) is 3.46. The number of nitrogens with zero attached hydrogens (tertiary/aromatic N) is 2. The zero-order chi connectivity index (χ0) is 17.1. The summed E-state index contributed by atoms with van der Waals surface area (Å²) in [5.41, 5.74) is 6.50. The molecule has 3 aromatic rings. The van der Waals surface area contributed by atoms with Crippen molar-refractivity contribution in [2.24, 2.45) is 5.10 Å². The number of halogens is 1. The van der Waals surface area contributed by atoms with Crippen molar-refractivity contribution in [2.75, 3.05) is 5.43 Å². The Bertz CT molecular complexity index is 888. The molecule has 122 valence electrons. The van der Waals surface area contributed by atoms with Crippen molar-refractivity contribution in [2.45, 2.75) is 13.8 Å². The number of phenolic OH excluding ortho intramolecular Hbond substituents is 1. The number of thiazole rings is 1. The van der Waals surface area contributed by atoms with Gasteiger partial charge in [-0.3, -0.25) is 5.43 Å². The topological polar surface area (TPSA) is 57.5 Å². The summed E-state index contributed by atoms with van der Waals surface area (Å²) in [6.07, 6.45) is 0. The van der Waals surface area contributed by atoms with Crippen LogP contribution in [-0.4, -0.2) is 15.8 Å². The van der Waals surface area contributed by atoms with Crippen LogP contribution in [0, 0.1) is 6.92 Å². The van der Waals surface area contributed by atoms with Gasteiger partial charge in [-0.15, -0.1) is 11.3 Å². The van der Waals surface area contributed by atoms with Crippen LogP contribution in [-0.2, 0) is 0 Å². The van der Waals surface area contributed by atoms with Crippen molar-refractivity contribution >= 4 is 34.3 Å². The average Bonchev–Trinajstić information content (AvgIpc) is 2.96. The second-order valence-corrected chi connectivity index (χ2v) is 6.68. The van der Waals surface area contributed by atoms with Gasteiger partial charge in [0.2, 0.25) is 0 Å². The van der Waals surface area contributed by atoms with Gasteiger partial charge in [-0.05, 0) is 50.2 Å². The Hall–Kier alpha value is -2.37. The number of hydrogen-bond acceptors (Lipinski definition) is 5. The molecule has 0 aliphatic heterocycles. The summed E-state index contributed by atoms with van der Waals surface area (Å²) in [6, 6.07) is 14.5. The molecule has 0 aliphatic carbocycles. The van der Waals surface area contributed by atoms with Crippen molar-refractivity contribution in [3.63, 3.8) is 0 Å². The summed E-state index contributed by atoms with van der Waals surface area (Å²) >= 11 is 7.69. The molecule has 2 aromatic carbocycles. The van der Waals surface area contributed by atoms with E-state index in [-0.39, 0.29) is 5.75 Å². The number of benzene rings is 2. The number of aryl methyl sites for hydroxylation is 1. The first-order chi connectivity index (χ1) is 11.5. The lowest BCUT2D eigenvalue weighted by Crippen LogP contribution is -1.99. The molecule has 3 rings (SSSR count). The molecule has 0 saturated heterocycles. The molecule has 0 amide bonds. The number of phenols is 1. The minimum atomic E-state index is 0.244. The fourth-order valence-corrected chi connectivity index (χ4v) is 3.40. The molecule has 0 unspecified atom stereocenters. The Balaban J connectivity index is 1.85. The number of hydrazone groups is 1. The third kappa shape index (κ3) is 3.58. The molecule has 1 heterocycles. The normalized spacial score (nSPS) is 11.5. The summed E-state index contributed by atoms with van der Waals surface area (Å²) < 4.78 is 0. The highest BCUT2D eigenvalue weighted by atomic mass is 35.5. The first kappa shape index (κ1) is 16.5. The molecule has 1 aromatic heterocycles. The first-order valence-corrected chi connectivity index (χ1v) is 8.56. The highest BCUT2D eigenvalue weighted by Gasteiger charge is 2.12. The van der Waals surface area contributed by atoms with E-state index in [1.54, 1.807) is 23.5 Å². The number of para-hydroxylation sites is 1. The Morgan fingerprint density at radius 2 is 1.88 bits per heavy atom. The second-order valence-electron chi connectivity index (χ2n) is 5.27. The van der Waals surface area contributed by atoms with Gasteiger partial charge in [0.05, 0.1) is 27.0 Å². The van der Waals surface area contributed by atoms with Crippen LogP contribution in [0.4, 0.5) is 5.69 Å². The molecule has 0 saturated carbocycles. The number of aromatic hydroxyl groups is 1. The minimum absolute atomic E-state index is 0.244. The van der Waals surface area contributed by atoms with Crippen LogP contribution in [0.3, 0.4) is 0 Å². The summed E-state index contributed by atoms with van der Waals surface area (Å²) in [6.45, 7) is 3.90. The lowest BCUT2D eigenvalue weighted by molar-refractivity contribution is 0.475. The molecule has 4 nitrogen and oxygen atoms in total. The van der Waals surface area contributed by atoms with Crippen LogP contribution in [0.2, 0.25) is 5.02 Å². The number of nitrogens with one attached hydrogen (secondary N) is 1. The summed E-state index contributed by atoms with van der Waals surface area (Å²) in [4.78, 5) is 5.62. The van der Waals surface area contributed by atoms with E-state index < -0.39 is 0 Å². The van der Waals surface area contributed by atoms with Gasteiger partial charge in [-0.25, -0.2) is 4.98 Å². The predicted octanol–water partition coefficient (Wildman–Crippen LogP) is 5.31. The lowest BCUT2D eigenvalue weighted by atomic mass is 10.2. The number of anilines is 1. The van der Waals surface area contributed by atoms with Crippen LogP contribution < -0.4 is 5.43 Å². The van der Waals surface area contributed by atoms with Gasteiger partial charge < -0.3 is 5.11 Å². The van der Waals surface area contributed by atoms with Crippen molar-refractivity contribution in [3.8, 4) is 16.3 Å². The molecule has 0 atom stereocenters. The maximum atomic E-state index is 9.40. The molecule has 6 heteroatoms. The van der Waals surface area contributed by atoms with E-state index in [1.165, 1.54) is 0 Å². The summed E-state index contributed by atoms with van der Waals surface area (Å²) in [5.74, 6) is 0.244. The summed E-state index contributed by atoms with van der Waals surface area (Å²) in [7, 11) is 0. The van der Waals surface area contributed by atoms with Crippen molar-refractivity contribution in [3.05, 3.63) is 64.1 Å². The lowest BCUT2D eigenvalue weighted by Gasteiger charge is -2.04. The van der Waals surface area contributed by atoms with Crippen LogP contribution >= 0.6 is 22.9 Å². The van der Waals surface area contributed by atoms with E-state index in [9.17, 15) is 5.11 Å². The molecule has 0 aliphatic rings. The van der Waals surface area contributed by atoms with E-state index in [4.69, 9.17) is 11.6 Å². The van der Waals surface area contributed by atoms with Gasteiger partial charge in [-0.2, -0.15) is 5.10 Å². The number of aromatic nitrogens is 1. The molecule has 0 bridgehead atoms. The van der Waals surface area contributed by atoms with Crippen molar-refractivity contribution in [1.82, 2.24) is 4.98 Å². The number of hydrogen-bond donors (Lipinski definition) is 2. The van der Waals surface area contributed by atoms with Gasteiger partial charge in [-0.1, -0.05) is 23.7 Å². The maximum Gasteiger partial charge on any atom is 0.124 e. The SMILES string of the molecule is C/C(=N\Nc1ccccc1Cl)c1sc(-c2ccc(O)cc2)nc1C. The van der Waals surface area contributed by atoms with Gasteiger partial charge in [0.25, 0.3) is 0 Å². The smallest absolute Gasteiger partial charge is 0.124 e. The fourth-order valence-electron chi connectivity index (χ4n) is 2.21. The fraction of sp³-hybridized carbons (Fsp3) is 0.111. The Morgan fingerprint density at radius 1 is 1.17 bits per heavy atom. The van der Waals surface area contributed by atoms with E-state index in [1.807, 2.05) is 50.2 Å². The highest BCUT2D eigenvalue weighted by Crippen LogP contribution is 2.29. The number of rotatable bonds is 4. The van der Waals surface area contributed by atoms with E-state index in [0.717, 1.165) is 32.5 Å². The van der Waals surface area contributed by atoms with Gasteiger partial charge in [0.15, 0.2) is 0 Å². The molecular weight excluding hydrogens is 342 g/mol. The largest absolute Gasteiger partial charge is 0.508 e. The standard InChI is InChI=1S/C18H16ClN3OS/c1-11-17(12(2)21-22-16-6-4-3-5-15(16)19)24-18(20-11)13-7-9-14(23)10-8-13/h3-10,22-23H,1-2H3/b21-12+. The Morgan fingerprint density at radius 3 is 2.58 bits per heavy atom. The van der Waals surface area contributed by atoms with Gasteiger partial charge in [0.1, 0.15) is 10.8 Å². The zero-order valence-corrected chi connectivity index (χ0v) is 14.8. The monoisotopic (exact) mass is 357 g/mol. The van der Waals surface area contributed by atoms with E-state index in [0.29, 0.717) is 5.02 Å². The van der Waals surface area contributed by atoms with Crippen LogP contribution in [0.5, 0.6) is 5.75 Å². The highest BCUT2D eigenvalue weighted by molar-refractivity contribution is 7.17. The van der Waals surface area contributed by atoms with Crippen LogP contribution in [0.25, 0.3) is 10.6 Å². The molecule has 24 heavy (non-hydrogen) atoms. The van der Waals surface area contributed by atoms with Crippen LogP contribution in [0.15, 0.2) is 53.6 Å². The molecule has 0 fully saturated rings. The second kappa shape index (κ2) is 7.03. The average molecular weight is 358 g/mol. The summed E-state index contributed by atoms with van der Waals surface area (Å²) in [5, 5.41) is 15.3. The first-order valence-electron chi connectivity index (χ1n) is 7.36. The quantitative estimate of drug-likeness (QED) is 0.491. The molecule has 2 N–H and O–H groups in total. The van der Waals surface area contributed by atoms with Crippen molar-refractivity contribution in [1.29, 1.82) is 0 Å². The van der Waals surface area contributed by atoms with Gasteiger partial charge in [0, 0.05) is 5.56 Å². The predicted molar refractivity (Wildman–Crippen MR) is 101 cm³/mol. The Labute approximate surface area is 149 Å². The van der Waals surface area contributed by atoms with E-state index in [2.05, 4.69) is 15.5 Å². The Kier molecular flexibility index (Phi) is 4.83. The van der Waals surface area contributed by atoms with Gasteiger partial charge >= 0.3 is 0 Å². The van der Waals surface area contributed by atoms with E-state index >= 15 is 0 Å². The zero-order valence-electron chi connectivity index (χ0n) is 13.2. The molecular formula is C18H16ClN3OS. The van der Waals surface area contributed by atoms with Crippen LogP contribution in [0.1, 0.15) is 17.5 Å². The maximum absolute atomic E-state index is 9.40. The third-order valence-corrected chi connectivity index (χ3v) is 5.10. The molecule has 0 spiro atoms.